The quantitative estimate of drug-likeness (QED) is 0.687. The Morgan fingerprint density at radius 1 is 1.57 bits per heavy atom. The zero-order chi connectivity index (χ0) is 10.9. The smallest absolute Gasteiger partial charge is 0.375 e. The highest BCUT2D eigenvalue weighted by atomic mass is 19.3. The fraction of sp³-hybridized carbons (Fsp3) is 0.875. The van der Waals surface area contributed by atoms with Crippen LogP contribution >= 0.6 is 0 Å². The Labute approximate surface area is 80.1 Å². The zero-order valence-electron chi connectivity index (χ0n) is 7.78. The number of aliphatic hydroxyl groups is 1. The highest BCUT2D eigenvalue weighted by Gasteiger charge is 2.43. The fourth-order valence-corrected chi connectivity index (χ4v) is 1.53. The van der Waals surface area contributed by atoms with E-state index in [0.717, 1.165) is 0 Å². The number of nitrogens with zero attached hydrogens (tertiary/aromatic N) is 1. The van der Waals surface area contributed by atoms with Crippen LogP contribution in [0.5, 0.6) is 0 Å². The Bertz CT molecular complexity index is 225. The van der Waals surface area contributed by atoms with Crippen LogP contribution in [0.1, 0.15) is 6.92 Å². The Balaban J connectivity index is 2.50. The summed E-state index contributed by atoms with van der Waals surface area (Å²) >= 11 is 0. The van der Waals surface area contributed by atoms with E-state index in [-0.39, 0.29) is 12.5 Å². The molecule has 14 heavy (non-hydrogen) atoms. The van der Waals surface area contributed by atoms with Crippen molar-refractivity contribution in [3.8, 4) is 0 Å². The lowest BCUT2D eigenvalue weighted by Crippen LogP contribution is -2.41. The fourth-order valence-electron chi connectivity index (χ4n) is 1.53. The summed E-state index contributed by atoms with van der Waals surface area (Å²) in [5.41, 5.74) is 0. The maximum atomic E-state index is 12.7. The molecule has 1 heterocycles. The average Bonchev–Trinajstić information content (AvgIpc) is 2.29. The molecular formula is C8H13F2NO3. The Hall–Kier alpha value is -0.750. The number of aliphatic carboxylic acids is 1. The van der Waals surface area contributed by atoms with Crippen LogP contribution in [0.4, 0.5) is 8.78 Å². The Kier molecular flexibility index (Phi) is 3.06. The van der Waals surface area contributed by atoms with Crippen LogP contribution < -0.4 is 0 Å². The van der Waals surface area contributed by atoms with Crippen molar-refractivity contribution in [1.82, 2.24) is 4.90 Å². The number of aliphatic hydroxyl groups excluding tert-OH is 1. The molecule has 6 heteroatoms. The lowest BCUT2D eigenvalue weighted by molar-refractivity contribution is -0.167. The number of carboxylic acid groups (broad SMARTS) is 1. The normalized spacial score (nSPS) is 29.4. The van der Waals surface area contributed by atoms with Crippen LogP contribution in [0.15, 0.2) is 0 Å². The van der Waals surface area contributed by atoms with Gasteiger partial charge in [0.05, 0.1) is 12.6 Å². The van der Waals surface area contributed by atoms with Gasteiger partial charge in [-0.25, -0.2) is 4.79 Å². The predicted molar refractivity (Wildman–Crippen MR) is 44.2 cm³/mol. The van der Waals surface area contributed by atoms with Crippen molar-refractivity contribution in [2.45, 2.75) is 19.0 Å². The molecule has 2 N–H and O–H groups in total. The molecule has 1 fully saturated rings. The first-order valence-electron chi connectivity index (χ1n) is 4.34. The van der Waals surface area contributed by atoms with Gasteiger partial charge in [0.25, 0.3) is 0 Å². The molecule has 2 unspecified atom stereocenters. The minimum absolute atomic E-state index is 0.0837. The molecule has 1 aliphatic heterocycles. The summed E-state index contributed by atoms with van der Waals surface area (Å²) in [6.45, 7) is 1.33. The minimum atomic E-state index is -3.73. The third-order valence-electron chi connectivity index (χ3n) is 2.38. The van der Waals surface area contributed by atoms with Crippen LogP contribution in [0.3, 0.4) is 0 Å². The third-order valence-corrected chi connectivity index (χ3v) is 2.38. The maximum absolute atomic E-state index is 12.7. The summed E-state index contributed by atoms with van der Waals surface area (Å²) in [7, 11) is 0. The van der Waals surface area contributed by atoms with Gasteiger partial charge >= 0.3 is 11.9 Å². The van der Waals surface area contributed by atoms with Crippen molar-refractivity contribution in [3.05, 3.63) is 0 Å². The van der Waals surface area contributed by atoms with Gasteiger partial charge in [0.15, 0.2) is 0 Å². The molecule has 0 bridgehead atoms. The van der Waals surface area contributed by atoms with Gasteiger partial charge in [0.1, 0.15) is 0 Å². The standard InChI is InChI=1S/C8H13F2NO3/c1-5-2-11(3-6(5)12)4-8(9,10)7(13)14/h5-6,12H,2-4H2,1H3,(H,13,14). The van der Waals surface area contributed by atoms with Gasteiger partial charge < -0.3 is 10.2 Å². The molecular weight excluding hydrogens is 196 g/mol. The van der Waals surface area contributed by atoms with Crippen LogP contribution in [-0.4, -0.2) is 52.7 Å². The number of likely N-dealkylation sites (tertiary alicyclic amines) is 1. The molecule has 1 aliphatic rings. The molecule has 0 saturated carbocycles. The summed E-state index contributed by atoms with van der Waals surface area (Å²) in [6.07, 6.45) is -0.639. The SMILES string of the molecule is CC1CN(CC(F)(F)C(=O)O)CC1O. The topological polar surface area (TPSA) is 60.8 Å². The molecule has 0 aliphatic carbocycles. The van der Waals surface area contributed by atoms with Crippen molar-refractivity contribution in [2.24, 2.45) is 5.92 Å². The van der Waals surface area contributed by atoms with Gasteiger partial charge in [-0.3, -0.25) is 4.90 Å². The molecule has 82 valence electrons. The monoisotopic (exact) mass is 209 g/mol. The third kappa shape index (κ3) is 2.39. The molecule has 1 saturated heterocycles. The lowest BCUT2D eigenvalue weighted by atomic mass is 10.1. The van der Waals surface area contributed by atoms with E-state index in [1.54, 1.807) is 6.92 Å². The maximum Gasteiger partial charge on any atom is 0.375 e. The first-order valence-corrected chi connectivity index (χ1v) is 4.34. The molecule has 1 rings (SSSR count). The van der Waals surface area contributed by atoms with Gasteiger partial charge in [0, 0.05) is 13.1 Å². The van der Waals surface area contributed by atoms with E-state index in [2.05, 4.69) is 0 Å². The number of hydrogen-bond donors (Lipinski definition) is 2. The molecule has 0 radical (unpaired) electrons. The highest BCUT2D eigenvalue weighted by Crippen LogP contribution is 2.22. The van der Waals surface area contributed by atoms with Crippen LogP contribution in [0.2, 0.25) is 0 Å². The number of alkyl halides is 2. The molecule has 0 spiro atoms. The van der Waals surface area contributed by atoms with Gasteiger partial charge in [-0.15, -0.1) is 0 Å². The van der Waals surface area contributed by atoms with E-state index < -0.39 is 24.5 Å². The van der Waals surface area contributed by atoms with Crippen LogP contribution in [0.25, 0.3) is 0 Å². The first-order chi connectivity index (χ1) is 6.33. The minimum Gasteiger partial charge on any atom is -0.477 e. The van der Waals surface area contributed by atoms with Crippen molar-refractivity contribution in [1.29, 1.82) is 0 Å². The van der Waals surface area contributed by atoms with E-state index in [4.69, 9.17) is 5.11 Å². The van der Waals surface area contributed by atoms with E-state index >= 15 is 0 Å². The summed E-state index contributed by atoms with van der Waals surface area (Å²) in [4.78, 5) is 11.4. The molecule has 0 amide bonds. The highest BCUT2D eigenvalue weighted by molar-refractivity contribution is 5.75. The number of carbonyl (C=O) groups is 1. The second kappa shape index (κ2) is 3.78. The van der Waals surface area contributed by atoms with Crippen molar-refractivity contribution < 1.29 is 23.8 Å². The molecule has 0 aromatic rings. The van der Waals surface area contributed by atoms with Crippen LogP contribution in [0, 0.1) is 5.92 Å². The second-order valence-electron chi connectivity index (χ2n) is 3.75. The molecule has 4 nitrogen and oxygen atoms in total. The number of carboxylic acids is 1. The predicted octanol–water partition coefficient (Wildman–Crippen LogP) is 0.0189. The number of rotatable bonds is 3. The number of hydrogen-bond acceptors (Lipinski definition) is 3. The summed E-state index contributed by atoms with van der Waals surface area (Å²) in [5, 5.41) is 17.5. The molecule has 2 atom stereocenters. The molecule has 0 aromatic carbocycles. The largest absolute Gasteiger partial charge is 0.477 e. The van der Waals surface area contributed by atoms with E-state index in [1.807, 2.05) is 0 Å². The van der Waals surface area contributed by atoms with E-state index in [0.29, 0.717) is 6.54 Å². The summed E-state index contributed by atoms with van der Waals surface area (Å²) in [6, 6.07) is 0. The first kappa shape index (κ1) is 11.3. The Morgan fingerprint density at radius 3 is 2.50 bits per heavy atom. The van der Waals surface area contributed by atoms with Gasteiger partial charge in [0.2, 0.25) is 0 Å². The lowest BCUT2D eigenvalue weighted by Gasteiger charge is -2.19. The van der Waals surface area contributed by atoms with Crippen molar-refractivity contribution in [3.63, 3.8) is 0 Å². The van der Waals surface area contributed by atoms with E-state index in [1.165, 1.54) is 4.90 Å². The summed E-state index contributed by atoms with van der Waals surface area (Å²) < 4.78 is 25.5. The second-order valence-corrected chi connectivity index (χ2v) is 3.75. The summed E-state index contributed by atoms with van der Waals surface area (Å²) in [5.74, 6) is -5.94. The van der Waals surface area contributed by atoms with Crippen LogP contribution in [-0.2, 0) is 4.79 Å². The van der Waals surface area contributed by atoms with Crippen molar-refractivity contribution in [2.75, 3.05) is 19.6 Å². The van der Waals surface area contributed by atoms with Gasteiger partial charge in [-0.05, 0) is 5.92 Å². The zero-order valence-corrected chi connectivity index (χ0v) is 7.78. The number of β-amino-alcohol motifs (C(OH)–C–C–N with tert-alkyl or cyclic N) is 1. The average molecular weight is 209 g/mol. The number of halogens is 2. The molecule has 0 aromatic heterocycles. The van der Waals surface area contributed by atoms with Crippen molar-refractivity contribution >= 4 is 5.97 Å². The van der Waals surface area contributed by atoms with Gasteiger partial charge in [-0.2, -0.15) is 8.78 Å². The van der Waals surface area contributed by atoms with E-state index in [9.17, 15) is 18.7 Å². The van der Waals surface area contributed by atoms with Gasteiger partial charge in [-0.1, -0.05) is 6.92 Å². The Morgan fingerprint density at radius 2 is 2.14 bits per heavy atom.